The summed E-state index contributed by atoms with van der Waals surface area (Å²) in [5.41, 5.74) is 5.93. The van der Waals surface area contributed by atoms with Gasteiger partial charge in [-0.25, -0.2) is 8.78 Å². The molecule has 1 aromatic carbocycles. The first-order valence-corrected chi connectivity index (χ1v) is 5.39. The van der Waals surface area contributed by atoms with E-state index in [-0.39, 0.29) is 11.9 Å². The van der Waals surface area contributed by atoms with Crippen LogP contribution < -0.4 is 5.73 Å². The summed E-state index contributed by atoms with van der Waals surface area (Å²) in [6, 6.07) is 3.79. The van der Waals surface area contributed by atoms with Crippen LogP contribution in [-0.2, 0) is 6.42 Å². The van der Waals surface area contributed by atoms with E-state index in [1.807, 2.05) is 18.9 Å². The molecule has 0 aliphatic heterocycles. The van der Waals surface area contributed by atoms with Gasteiger partial charge in [0.15, 0.2) is 0 Å². The Morgan fingerprint density at radius 2 is 2.06 bits per heavy atom. The monoisotopic (exact) mass is 228 g/mol. The summed E-state index contributed by atoms with van der Waals surface area (Å²) in [6.45, 7) is 3.23. The molecule has 0 saturated heterocycles. The summed E-state index contributed by atoms with van der Waals surface area (Å²) in [7, 11) is 1.93. The van der Waals surface area contributed by atoms with Crippen molar-refractivity contribution in [3.63, 3.8) is 0 Å². The summed E-state index contributed by atoms with van der Waals surface area (Å²) < 4.78 is 26.2. The average molecular weight is 228 g/mol. The smallest absolute Gasteiger partial charge is 0.126 e. The van der Waals surface area contributed by atoms with Gasteiger partial charge in [-0.3, -0.25) is 0 Å². The van der Waals surface area contributed by atoms with Gasteiger partial charge in [-0.2, -0.15) is 0 Å². The Kier molecular flexibility index (Phi) is 4.83. The standard InChI is InChI=1S/C12H18F2N2/c1-9(8-15)16(2)6-5-10-7-11(13)3-4-12(10)14/h3-4,7,9H,5-6,8,15H2,1-2H3. The van der Waals surface area contributed by atoms with Crippen molar-refractivity contribution in [2.75, 3.05) is 20.1 Å². The molecule has 16 heavy (non-hydrogen) atoms. The van der Waals surface area contributed by atoms with Crippen LogP contribution >= 0.6 is 0 Å². The van der Waals surface area contributed by atoms with Gasteiger partial charge in [-0.1, -0.05) is 0 Å². The molecule has 0 fully saturated rings. The molecule has 4 heteroatoms. The zero-order valence-electron chi connectivity index (χ0n) is 9.71. The third kappa shape index (κ3) is 3.54. The van der Waals surface area contributed by atoms with Crippen molar-refractivity contribution in [3.05, 3.63) is 35.4 Å². The minimum atomic E-state index is -0.397. The number of nitrogens with zero attached hydrogens (tertiary/aromatic N) is 1. The fourth-order valence-electron chi connectivity index (χ4n) is 1.43. The summed E-state index contributed by atoms with van der Waals surface area (Å²) in [5, 5.41) is 0. The lowest BCUT2D eigenvalue weighted by molar-refractivity contribution is 0.265. The van der Waals surface area contributed by atoms with Crippen LogP contribution in [-0.4, -0.2) is 31.1 Å². The zero-order valence-corrected chi connectivity index (χ0v) is 9.71. The van der Waals surface area contributed by atoms with E-state index in [2.05, 4.69) is 0 Å². The second kappa shape index (κ2) is 5.92. The molecular formula is C12H18F2N2. The van der Waals surface area contributed by atoms with Gasteiger partial charge in [0.25, 0.3) is 0 Å². The second-order valence-corrected chi connectivity index (χ2v) is 4.05. The fourth-order valence-corrected chi connectivity index (χ4v) is 1.43. The minimum Gasteiger partial charge on any atom is -0.329 e. The van der Waals surface area contributed by atoms with E-state index >= 15 is 0 Å². The Hall–Kier alpha value is -1.00. The lowest BCUT2D eigenvalue weighted by atomic mass is 10.1. The highest BCUT2D eigenvalue weighted by atomic mass is 19.1. The number of rotatable bonds is 5. The Morgan fingerprint density at radius 1 is 1.38 bits per heavy atom. The third-order valence-corrected chi connectivity index (χ3v) is 2.84. The predicted octanol–water partition coefficient (Wildman–Crippen LogP) is 1.79. The highest BCUT2D eigenvalue weighted by molar-refractivity contribution is 5.19. The van der Waals surface area contributed by atoms with Crippen LogP contribution in [0.3, 0.4) is 0 Å². The lowest BCUT2D eigenvalue weighted by Crippen LogP contribution is -2.36. The molecule has 1 atom stereocenters. The van der Waals surface area contributed by atoms with E-state index in [1.54, 1.807) is 0 Å². The molecule has 90 valence electrons. The molecule has 2 nitrogen and oxygen atoms in total. The maximum Gasteiger partial charge on any atom is 0.126 e. The molecule has 0 aliphatic carbocycles. The van der Waals surface area contributed by atoms with Gasteiger partial charge < -0.3 is 10.6 Å². The van der Waals surface area contributed by atoms with Gasteiger partial charge >= 0.3 is 0 Å². The maximum atomic E-state index is 13.3. The summed E-state index contributed by atoms with van der Waals surface area (Å²) in [4.78, 5) is 2.03. The first-order chi connectivity index (χ1) is 7.54. The van der Waals surface area contributed by atoms with Crippen molar-refractivity contribution in [3.8, 4) is 0 Å². The first kappa shape index (κ1) is 13.1. The second-order valence-electron chi connectivity index (χ2n) is 4.05. The van der Waals surface area contributed by atoms with Gasteiger partial charge in [0, 0.05) is 19.1 Å². The van der Waals surface area contributed by atoms with Gasteiger partial charge in [0.1, 0.15) is 11.6 Å². The molecule has 1 aromatic rings. The SMILES string of the molecule is CC(CN)N(C)CCc1cc(F)ccc1F. The van der Waals surface area contributed by atoms with Crippen molar-refractivity contribution in [1.29, 1.82) is 0 Å². The molecule has 1 rings (SSSR count). The molecule has 0 saturated carbocycles. The average Bonchev–Trinajstić information content (AvgIpc) is 2.28. The normalized spacial score (nSPS) is 13.1. The predicted molar refractivity (Wildman–Crippen MR) is 61.2 cm³/mol. The Morgan fingerprint density at radius 3 is 2.69 bits per heavy atom. The van der Waals surface area contributed by atoms with E-state index in [9.17, 15) is 8.78 Å². The zero-order chi connectivity index (χ0) is 12.1. The van der Waals surface area contributed by atoms with E-state index in [0.29, 0.717) is 25.1 Å². The van der Waals surface area contributed by atoms with Crippen LogP contribution in [0.25, 0.3) is 0 Å². The lowest BCUT2D eigenvalue weighted by Gasteiger charge is -2.23. The van der Waals surface area contributed by atoms with Crippen LogP contribution in [0.2, 0.25) is 0 Å². The van der Waals surface area contributed by atoms with Gasteiger partial charge in [-0.05, 0) is 44.2 Å². The largest absolute Gasteiger partial charge is 0.329 e. The molecule has 0 amide bonds. The topological polar surface area (TPSA) is 29.3 Å². The number of nitrogens with two attached hydrogens (primary N) is 1. The first-order valence-electron chi connectivity index (χ1n) is 5.39. The molecule has 0 spiro atoms. The van der Waals surface area contributed by atoms with Gasteiger partial charge in [0.2, 0.25) is 0 Å². The van der Waals surface area contributed by atoms with Crippen LogP contribution in [0.1, 0.15) is 12.5 Å². The quantitative estimate of drug-likeness (QED) is 0.832. The summed E-state index contributed by atoms with van der Waals surface area (Å²) >= 11 is 0. The maximum absolute atomic E-state index is 13.3. The number of hydrogen-bond donors (Lipinski definition) is 1. The number of halogens is 2. The van der Waals surface area contributed by atoms with E-state index in [4.69, 9.17) is 5.73 Å². The van der Waals surface area contributed by atoms with Crippen LogP contribution in [0.15, 0.2) is 18.2 Å². The Balaban J connectivity index is 2.57. The molecule has 0 bridgehead atoms. The van der Waals surface area contributed by atoms with E-state index < -0.39 is 5.82 Å². The van der Waals surface area contributed by atoms with Crippen molar-refractivity contribution < 1.29 is 8.78 Å². The van der Waals surface area contributed by atoms with Crippen LogP contribution in [0.4, 0.5) is 8.78 Å². The fraction of sp³-hybridized carbons (Fsp3) is 0.500. The van der Waals surface area contributed by atoms with Gasteiger partial charge in [0.05, 0.1) is 0 Å². The highest BCUT2D eigenvalue weighted by Crippen LogP contribution is 2.11. The van der Waals surface area contributed by atoms with Crippen molar-refractivity contribution >= 4 is 0 Å². The molecule has 0 radical (unpaired) electrons. The van der Waals surface area contributed by atoms with Gasteiger partial charge in [-0.15, -0.1) is 0 Å². The van der Waals surface area contributed by atoms with Crippen molar-refractivity contribution in [2.24, 2.45) is 5.73 Å². The molecular weight excluding hydrogens is 210 g/mol. The number of benzene rings is 1. The summed E-state index contributed by atoms with van der Waals surface area (Å²) in [6.07, 6.45) is 0.491. The number of likely N-dealkylation sites (N-methyl/N-ethyl adjacent to an activating group) is 1. The van der Waals surface area contributed by atoms with E-state index in [1.165, 1.54) is 6.07 Å². The summed E-state index contributed by atoms with van der Waals surface area (Å²) in [5.74, 6) is -0.749. The molecule has 1 unspecified atom stereocenters. The van der Waals surface area contributed by atoms with Crippen molar-refractivity contribution in [1.82, 2.24) is 4.90 Å². The van der Waals surface area contributed by atoms with Crippen LogP contribution in [0, 0.1) is 11.6 Å². The third-order valence-electron chi connectivity index (χ3n) is 2.84. The highest BCUT2D eigenvalue weighted by Gasteiger charge is 2.09. The molecule has 0 aliphatic rings. The minimum absolute atomic E-state index is 0.247. The van der Waals surface area contributed by atoms with Crippen molar-refractivity contribution in [2.45, 2.75) is 19.4 Å². The Labute approximate surface area is 95.1 Å². The number of hydrogen-bond acceptors (Lipinski definition) is 2. The molecule has 0 aromatic heterocycles. The Bertz CT molecular complexity index is 342. The molecule has 2 N–H and O–H groups in total. The van der Waals surface area contributed by atoms with E-state index in [0.717, 1.165) is 12.1 Å². The molecule has 0 heterocycles. The van der Waals surface area contributed by atoms with Crippen LogP contribution in [0.5, 0.6) is 0 Å².